The second-order valence-electron chi connectivity index (χ2n) is 7.44. The van der Waals surface area contributed by atoms with E-state index < -0.39 is 8.32 Å². The van der Waals surface area contributed by atoms with E-state index in [-0.39, 0.29) is 17.7 Å². The van der Waals surface area contributed by atoms with Crippen molar-refractivity contribution in [3.05, 3.63) is 23.7 Å². The number of terminal acetylenes is 1. The second-order valence-corrected chi connectivity index (χ2v) is 12.2. The number of hydrogen-bond donors (Lipinski definition) is 0. The summed E-state index contributed by atoms with van der Waals surface area (Å²) in [6.45, 7) is 13.8. The second kappa shape index (κ2) is 9.13. The van der Waals surface area contributed by atoms with Crippen molar-refractivity contribution in [1.82, 2.24) is 0 Å². The van der Waals surface area contributed by atoms with Crippen LogP contribution in [0, 0.1) is 31.1 Å². The lowest BCUT2D eigenvalue weighted by atomic mass is 10.2. The molecule has 4 heteroatoms. The lowest BCUT2D eigenvalue weighted by Crippen LogP contribution is -2.43. The van der Waals surface area contributed by atoms with Gasteiger partial charge in [0.05, 0.1) is 0 Å². The first-order valence-electron chi connectivity index (χ1n) is 8.38. The van der Waals surface area contributed by atoms with E-state index in [1.54, 1.807) is 0 Å². The minimum atomic E-state index is -1.88. The van der Waals surface area contributed by atoms with Crippen LogP contribution in [0.2, 0.25) is 18.1 Å². The Morgan fingerprint density at radius 3 is 2.50 bits per heavy atom. The summed E-state index contributed by atoms with van der Waals surface area (Å²) < 4.78 is 17.3. The third kappa shape index (κ3) is 6.97. The first kappa shape index (κ1) is 20.6. The molecule has 24 heavy (non-hydrogen) atoms. The fourth-order valence-corrected chi connectivity index (χ4v) is 3.14. The Morgan fingerprint density at radius 2 is 1.96 bits per heavy atom. The van der Waals surface area contributed by atoms with E-state index >= 15 is 0 Å². The van der Waals surface area contributed by atoms with Gasteiger partial charge in [-0.05, 0) is 43.6 Å². The third-order valence-electron chi connectivity index (χ3n) is 4.31. The average Bonchev–Trinajstić information content (AvgIpc) is 2.88. The quantitative estimate of drug-likeness (QED) is 0.412. The fraction of sp³-hybridized carbons (Fsp3) is 0.600. The highest BCUT2D eigenvalue weighted by atomic mass is 28.4. The Kier molecular flexibility index (Phi) is 7.83. The Bertz CT molecular complexity index is 605. The maximum atomic E-state index is 6.47. The van der Waals surface area contributed by atoms with Crippen molar-refractivity contribution in [3.8, 4) is 24.2 Å². The highest BCUT2D eigenvalue weighted by Gasteiger charge is 2.38. The molecular weight excluding hydrogens is 316 g/mol. The van der Waals surface area contributed by atoms with Gasteiger partial charge in [-0.3, -0.25) is 0 Å². The van der Waals surface area contributed by atoms with Crippen molar-refractivity contribution >= 4 is 8.32 Å². The summed E-state index contributed by atoms with van der Waals surface area (Å²) in [6.07, 6.45) is 6.66. The van der Waals surface area contributed by atoms with Gasteiger partial charge in [-0.15, -0.1) is 6.42 Å². The van der Waals surface area contributed by atoms with Gasteiger partial charge in [0.2, 0.25) is 0 Å². The molecule has 0 saturated heterocycles. The van der Waals surface area contributed by atoms with Gasteiger partial charge < -0.3 is 13.6 Å². The minimum Gasteiger partial charge on any atom is -0.466 e. The molecule has 1 atom stereocenters. The van der Waals surface area contributed by atoms with Gasteiger partial charge in [0.25, 0.3) is 0 Å². The normalized spacial score (nSPS) is 13.0. The van der Waals surface area contributed by atoms with Crippen LogP contribution < -0.4 is 0 Å². The van der Waals surface area contributed by atoms with E-state index in [2.05, 4.69) is 51.6 Å². The Morgan fingerprint density at radius 1 is 1.25 bits per heavy atom. The molecule has 0 saturated carbocycles. The monoisotopic (exact) mass is 346 g/mol. The molecule has 0 fully saturated rings. The van der Waals surface area contributed by atoms with Crippen LogP contribution in [0.1, 0.15) is 38.7 Å². The summed E-state index contributed by atoms with van der Waals surface area (Å²) in [5.41, 5.74) is 0. The fourth-order valence-electron chi connectivity index (χ4n) is 1.90. The zero-order valence-corrected chi connectivity index (χ0v) is 16.9. The van der Waals surface area contributed by atoms with E-state index in [0.29, 0.717) is 6.61 Å². The summed E-state index contributed by atoms with van der Waals surface area (Å²) in [4.78, 5) is 0. The summed E-state index contributed by atoms with van der Waals surface area (Å²) in [7, 11) is -1.88. The van der Waals surface area contributed by atoms with Gasteiger partial charge >= 0.3 is 0 Å². The van der Waals surface area contributed by atoms with Gasteiger partial charge in [0, 0.05) is 6.42 Å². The average molecular weight is 347 g/mol. The van der Waals surface area contributed by atoms with Crippen molar-refractivity contribution in [2.24, 2.45) is 0 Å². The maximum Gasteiger partial charge on any atom is 0.193 e. The van der Waals surface area contributed by atoms with Gasteiger partial charge in [0.1, 0.15) is 30.8 Å². The van der Waals surface area contributed by atoms with Gasteiger partial charge in [-0.25, -0.2) is 0 Å². The number of ether oxygens (including phenoxy) is 1. The van der Waals surface area contributed by atoms with Crippen LogP contribution in [0.15, 0.2) is 16.5 Å². The van der Waals surface area contributed by atoms with E-state index in [1.807, 2.05) is 19.1 Å². The molecule has 0 aliphatic carbocycles. The summed E-state index contributed by atoms with van der Waals surface area (Å²) in [6, 6.07) is 4.00. The molecule has 0 radical (unpaired) electrons. The third-order valence-corrected chi connectivity index (χ3v) is 8.80. The largest absolute Gasteiger partial charge is 0.466 e. The zero-order valence-electron chi connectivity index (χ0n) is 15.9. The lowest BCUT2D eigenvalue weighted by molar-refractivity contribution is 0.202. The van der Waals surface area contributed by atoms with Gasteiger partial charge in [-0.2, -0.15) is 0 Å². The molecule has 1 aromatic heterocycles. The van der Waals surface area contributed by atoms with Crippen LogP contribution in [-0.4, -0.2) is 27.6 Å². The first-order chi connectivity index (χ1) is 11.2. The highest BCUT2D eigenvalue weighted by molar-refractivity contribution is 6.74. The van der Waals surface area contributed by atoms with E-state index in [4.69, 9.17) is 20.0 Å². The van der Waals surface area contributed by atoms with Crippen molar-refractivity contribution in [2.45, 2.75) is 64.8 Å². The lowest BCUT2D eigenvalue weighted by Gasteiger charge is -2.38. The summed E-state index contributed by atoms with van der Waals surface area (Å²) >= 11 is 0. The minimum absolute atomic E-state index is 0.120. The van der Waals surface area contributed by atoms with E-state index in [1.165, 1.54) is 0 Å². The topological polar surface area (TPSA) is 31.6 Å². The molecule has 132 valence electrons. The van der Waals surface area contributed by atoms with E-state index in [9.17, 15) is 0 Å². The van der Waals surface area contributed by atoms with Crippen molar-refractivity contribution < 1.29 is 13.6 Å². The Balaban J connectivity index is 2.73. The zero-order chi connectivity index (χ0) is 18.2. The van der Waals surface area contributed by atoms with Crippen molar-refractivity contribution in [1.29, 1.82) is 0 Å². The number of rotatable bonds is 7. The smallest absolute Gasteiger partial charge is 0.193 e. The van der Waals surface area contributed by atoms with Gasteiger partial charge in [0.15, 0.2) is 8.32 Å². The molecule has 1 aromatic rings. The van der Waals surface area contributed by atoms with Crippen LogP contribution in [0.25, 0.3) is 0 Å². The number of aryl methyl sites for hydroxylation is 2. The molecule has 0 N–H and O–H groups in total. The Hall–Kier alpha value is -1.46. The summed E-state index contributed by atoms with van der Waals surface area (Å²) in [5.74, 6) is 10.6. The molecule has 0 aliphatic heterocycles. The predicted molar refractivity (Wildman–Crippen MR) is 101 cm³/mol. The number of furan rings is 1. The van der Waals surface area contributed by atoms with Crippen LogP contribution >= 0.6 is 0 Å². The molecule has 0 spiro atoms. The number of hydrogen-bond acceptors (Lipinski definition) is 3. The molecule has 0 aliphatic rings. The van der Waals surface area contributed by atoms with Crippen molar-refractivity contribution in [2.75, 3.05) is 13.2 Å². The molecule has 1 rings (SSSR count). The maximum absolute atomic E-state index is 6.47. The predicted octanol–water partition coefficient (Wildman–Crippen LogP) is 4.56. The van der Waals surface area contributed by atoms with Crippen LogP contribution in [0.4, 0.5) is 0 Å². The Labute approximate surface area is 148 Å². The van der Waals surface area contributed by atoms with Crippen molar-refractivity contribution in [3.63, 3.8) is 0 Å². The van der Waals surface area contributed by atoms with Gasteiger partial charge in [-0.1, -0.05) is 38.5 Å². The molecule has 3 nitrogen and oxygen atoms in total. The molecule has 0 amide bonds. The molecular formula is C20H30O3Si. The molecule has 1 unspecified atom stereocenters. The highest BCUT2D eigenvalue weighted by Crippen LogP contribution is 2.37. The molecule has 0 aromatic carbocycles. The molecule has 0 bridgehead atoms. The first-order valence-corrected chi connectivity index (χ1v) is 11.3. The van der Waals surface area contributed by atoms with Crippen LogP contribution in [-0.2, 0) is 15.6 Å². The SMILES string of the molecule is C#CCOCC#CC(CCc1ccc(C)o1)O[Si](C)(C)C(C)(C)C. The van der Waals surface area contributed by atoms with Crippen LogP contribution in [0.3, 0.4) is 0 Å². The standard InChI is InChI=1S/C20H30O3Si/c1-8-15-21-16-9-10-19(23-24(6,7)20(3,4)5)14-13-18-12-11-17(2)22-18/h1,11-12,19H,13-16H2,2-7H3. The molecule has 1 heterocycles. The summed E-state index contributed by atoms with van der Waals surface area (Å²) in [5, 5.41) is 0.147. The van der Waals surface area contributed by atoms with Crippen LogP contribution in [0.5, 0.6) is 0 Å². The van der Waals surface area contributed by atoms with E-state index in [0.717, 1.165) is 24.4 Å².